The number of ether oxygens (including phenoxy) is 6. The summed E-state index contributed by atoms with van der Waals surface area (Å²) in [6, 6.07) is 94.1. The van der Waals surface area contributed by atoms with Crippen molar-refractivity contribution in [1.29, 1.82) is 0 Å². The van der Waals surface area contributed by atoms with Crippen LogP contribution in [0.2, 0.25) is 0 Å². The van der Waals surface area contributed by atoms with Crippen molar-refractivity contribution in [2.24, 2.45) is 0 Å². The average Bonchev–Trinajstić information content (AvgIpc) is 0.792. The Morgan fingerprint density at radius 3 is 0.479 bits per heavy atom. The molecule has 21 aliphatic heterocycles. The van der Waals surface area contributed by atoms with Crippen molar-refractivity contribution in [3.8, 4) is 137 Å². The Bertz CT molecular complexity index is 5300. The van der Waals surface area contributed by atoms with Crippen LogP contribution in [0, 0.1) is 0 Å². The second kappa shape index (κ2) is 32.7. The van der Waals surface area contributed by atoms with Gasteiger partial charge in [-0.15, -0.1) is 15.0 Å². The quantitative estimate of drug-likeness (QED) is 0.0923. The van der Waals surface area contributed by atoms with Gasteiger partial charge in [0.1, 0.15) is 34.5 Å². The first-order valence-electron chi connectivity index (χ1n) is 37.7. The zero-order valence-corrected chi connectivity index (χ0v) is 62.4. The lowest BCUT2D eigenvalue weighted by atomic mass is 9.93. The van der Waals surface area contributed by atoms with Crippen molar-refractivity contribution in [3.63, 3.8) is 0 Å². The molecule has 564 valence electrons. The van der Waals surface area contributed by atoms with Crippen molar-refractivity contribution in [1.82, 2.24) is 74.8 Å². The summed E-state index contributed by atoms with van der Waals surface area (Å²) < 4.78 is 40.1. The lowest BCUT2D eigenvalue weighted by Crippen LogP contribution is -2.25. The minimum absolute atomic E-state index is 0.00445. The Labute approximate surface area is 671 Å². The number of hydrogen-bond donors (Lipinski definition) is 0. The van der Waals surface area contributed by atoms with Gasteiger partial charge < -0.3 is 43.1 Å². The molecule has 0 fully saturated rings. The Morgan fingerprint density at radius 2 is 0.333 bits per heavy atom. The predicted octanol–water partition coefficient (Wildman–Crippen LogP) is 19.6. The van der Waals surface area contributed by atoms with Crippen LogP contribution in [0.25, 0.3) is 66.8 Å². The maximum Gasteiger partial charge on any atom is 0.330 e. The van der Waals surface area contributed by atoms with Crippen LogP contribution in [0.4, 0.5) is 17.8 Å². The summed E-state index contributed by atoms with van der Waals surface area (Å²) in [4.78, 5) is 78.4. The maximum absolute atomic E-state index is 6.68. The van der Waals surface area contributed by atoms with Crippen molar-refractivity contribution in [3.05, 3.63) is 363 Å². The molecule has 0 saturated carbocycles. The summed E-state index contributed by atoms with van der Waals surface area (Å²) in [7, 11) is 0. The SMILES string of the molecule is c1ccc(CN(Cc2ccccn2)c2nc3nc(n2)Oc2ccc(cc2)-c2cc4cc(c2)-c2ccc(cc2)Oc2nc(nc(N(Cc5ccccn5)Cc5ccccn5)n2)Oc2ccc(cc2)-c2cc(cc(c2)-c2ccc(cc2)Oc2nc(nc(N(Cc5ccccn5)Cc5ccccn5)n2)Oc2ccc-4cc2)-c2ccc(cc2)O3)nc1. The van der Waals surface area contributed by atoms with E-state index in [2.05, 4.69) is 66.3 Å². The summed E-state index contributed by atoms with van der Waals surface area (Å²) >= 11 is 0. The van der Waals surface area contributed by atoms with Crippen molar-refractivity contribution in [2.45, 2.75) is 39.3 Å². The number of hydrogen-bond acceptors (Lipinski definition) is 24. The third-order valence-electron chi connectivity index (χ3n) is 19.3. The molecular formula is C93H66N18O6. The van der Waals surface area contributed by atoms with Gasteiger partial charge in [-0.3, -0.25) is 29.9 Å². The van der Waals surface area contributed by atoms with E-state index in [1.54, 1.807) is 37.2 Å². The van der Waals surface area contributed by atoms with Crippen LogP contribution < -0.4 is 43.1 Å². The smallest absolute Gasteiger partial charge is 0.330 e. The monoisotopic (exact) mass is 1530 g/mol. The molecule has 24 bridgehead atoms. The molecule has 117 heavy (non-hydrogen) atoms. The normalized spacial score (nSPS) is 11.7. The van der Waals surface area contributed by atoms with Crippen molar-refractivity contribution >= 4 is 17.8 Å². The molecule has 21 aliphatic rings. The molecule has 38 rings (SSSR count). The molecule has 0 spiro atoms. The zero-order valence-electron chi connectivity index (χ0n) is 62.4. The fourth-order valence-electron chi connectivity index (χ4n) is 13.6. The first-order chi connectivity index (χ1) is 57.7. The number of rotatable bonds is 15. The molecule has 8 aromatic carbocycles. The Kier molecular flexibility index (Phi) is 19.9. The lowest BCUT2D eigenvalue weighted by molar-refractivity contribution is 0.395. The van der Waals surface area contributed by atoms with E-state index >= 15 is 0 Å². The highest BCUT2D eigenvalue weighted by molar-refractivity contribution is 5.83. The van der Waals surface area contributed by atoms with E-state index in [0.717, 1.165) is 101 Å². The number of nitrogens with zero attached hydrogens (tertiary/aromatic N) is 18. The van der Waals surface area contributed by atoms with E-state index in [-0.39, 0.29) is 53.9 Å². The molecule has 0 saturated heterocycles. The highest BCUT2D eigenvalue weighted by atomic mass is 16.5. The largest absolute Gasteiger partial charge is 0.424 e. The summed E-state index contributed by atoms with van der Waals surface area (Å²) in [6.07, 6.45) is 10.6. The summed E-state index contributed by atoms with van der Waals surface area (Å²) in [5.41, 5.74) is 15.3. The molecule has 0 amide bonds. The van der Waals surface area contributed by atoms with Gasteiger partial charge in [-0.2, -0.15) is 29.9 Å². The molecule has 0 aliphatic carbocycles. The third-order valence-corrected chi connectivity index (χ3v) is 19.3. The van der Waals surface area contributed by atoms with Gasteiger partial charge in [0.2, 0.25) is 17.8 Å². The van der Waals surface area contributed by atoms with Crippen molar-refractivity contribution < 1.29 is 28.4 Å². The van der Waals surface area contributed by atoms with Crippen LogP contribution in [0.15, 0.2) is 328 Å². The van der Waals surface area contributed by atoms with E-state index in [1.807, 2.05) is 269 Å². The van der Waals surface area contributed by atoms with E-state index in [1.165, 1.54) is 0 Å². The van der Waals surface area contributed by atoms with Gasteiger partial charge in [-0.05, 0) is 249 Å². The number of benzene rings is 8. The molecule has 30 heterocycles. The van der Waals surface area contributed by atoms with Gasteiger partial charge in [0.15, 0.2) is 0 Å². The van der Waals surface area contributed by atoms with Crippen molar-refractivity contribution in [2.75, 3.05) is 14.7 Å². The molecule has 24 nitrogen and oxygen atoms in total. The topological polar surface area (TPSA) is 258 Å². The highest BCUT2D eigenvalue weighted by Gasteiger charge is 2.25. The average molecular weight is 1530 g/mol. The van der Waals surface area contributed by atoms with Crippen LogP contribution in [0.5, 0.6) is 70.6 Å². The van der Waals surface area contributed by atoms with Gasteiger partial charge >= 0.3 is 36.1 Å². The summed E-state index contributed by atoms with van der Waals surface area (Å²) in [5.74, 6) is 3.55. The summed E-state index contributed by atoms with van der Waals surface area (Å²) in [5, 5.41) is 0. The van der Waals surface area contributed by atoms with Gasteiger partial charge in [-0.25, -0.2) is 0 Å². The predicted molar refractivity (Wildman–Crippen MR) is 441 cm³/mol. The van der Waals surface area contributed by atoms with Crippen LogP contribution in [0.3, 0.4) is 0 Å². The number of aromatic nitrogens is 15. The van der Waals surface area contributed by atoms with E-state index < -0.39 is 0 Å². The Hall–Kier alpha value is -16.1. The van der Waals surface area contributed by atoms with Crippen LogP contribution in [-0.4, -0.2) is 74.8 Å². The fourth-order valence-corrected chi connectivity index (χ4v) is 13.6. The zero-order chi connectivity index (χ0) is 78.1. The molecule has 17 aromatic rings. The van der Waals surface area contributed by atoms with Gasteiger partial charge in [0, 0.05) is 37.2 Å². The number of anilines is 3. The third kappa shape index (κ3) is 17.2. The van der Waals surface area contributed by atoms with E-state index in [4.69, 9.17) is 73.3 Å². The summed E-state index contributed by atoms with van der Waals surface area (Å²) in [6.45, 7) is 1.94. The van der Waals surface area contributed by atoms with Crippen LogP contribution in [0.1, 0.15) is 34.2 Å². The van der Waals surface area contributed by atoms with Crippen LogP contribution >= 0.6 is 0 Å². The minimum Gasteiger partial charge on any atom is -0.424 e. The van der Waals surface area contributed by atoms with E-state index in [0.29, 0.717) is 73.8 Å². The van der Waals surface area contributed by atoms with Gasteiger partial charge in [0.25, 0.3) is 0 Å². The Morgan fingerprint density at radius 1 is 0.171 bits per heavy atom. The minimum atomic E-state index is -0.00445. The van der Waals surface area contributed by atoms with Gasteiger partial charge in [0.05, 0.1) is 73.4 Å². The first kappa shape index (κ1) is 71.2. The molecular weight excluding hydrogens is 1470 g/mol. The first-order valence-corrected chi connectivity index (χ1v) is 37.7. The molecule has 0 unspecified atom stereocenters. The standard InChI is InChI=1S/C93H66N18O6/c1-7-43-94-73(13-1)55-109(56-74-14-2-8-44-95-74)85-100-88-106-89(101-85)113-80-33-21-62(22-34-80)68-50-70-54-72(52-68)66-29-41-84(42-30-66)117-93-105-87(111(59-77-17-5-11-47-98-77)60-78-18-6-12-48-99-78)104-92(108-93)116-83-39-27-65(28-40-83)71-51-67(61-19-31-79(112-88)32-20-61)49-69(53-71)63-23-35-81(36-24-63)114-90-102-86(103-91(107-90)115-82-37-25-64(70)26-38-82)110(57-75-15-3-9-45-96-75)58-76-16-4-10-46-97-76/h1-54H,55-60H2. The molecule has 0 atom stereocenters. The second-order valence-corrected chi connectivity index (χ2v) is 27.5. The molecule has 9 aromatic heterocycles. The molecule has 0 radical (unpaired) electrons. The molecule has 0 N–H and O–H groups in total. The van der Waals surface area contributed by atoms with Crippen LogP contribution in [-0.2, 0) is 39.3 Å². The van der Waals surface area contributed by atoms with Gasteiger partial charge in [-0.1, -0.05) is 109 Å². The lowest BCUT2D eigenvalue weighted by Gasteiger charge is -2.22. The van der Waals surface area contributed by atoms with E-state index in [9.17, 15) is 0 Å². The Balaban J connectivity index is 0.774. The number of pyridine rings is 6. The second-order valence-electron chi connectivity index (χ2n) is 27.5. The fraction of sp³-hybridized carbons (Fsp3) is 0.0645. The maximum atomic E-state index is 6.68. The molecule has 24 heteroatoms. The highest BCUT2D eigenvalue weighted by Crippen LogP contribution is 2.41.